The molecule has 1 atom stereocenters. The van der Waals surface area contributed by atoms with Gasteiger partial charge in [-0.15, -0.1) is 19.0 Å². The van der Waals surface area contributed by atoms with Crippen molar-refractivity contribution in [3.05, 3.63) is 47.3 Å². The minimum atomic E-state index is -0.224. The molecule has 0 bridgehead atoms. The molecule has 1 heterocycles. The fourth-order valence-electron chi connectivity index (χ4n) is 2.17. The van der Waals surface area contributed by atoms with Crippen LogP contribution in [0.15, 0.2) is 30.9 Å². The fraction of sp³-hybridized carbons (Fsp3) is 0.385. The lowest BCUT2D eigenvalue weighted by atomic mass is 10.0. The van der Waals surface area contributed by atoms with E-state index in [4.69, 9.17) is 11.6 Å². The van der Waals surface area contributed by atoms with Crippen LogP contribution in [0.25, 0.3) is 0 Å². The van der Waals surface area contributed by atoms with Gasteiger partial charge in [0.15, 0.2) is 0 Å². The van der Waals surface area contributed by atoms with Gasteiger partial charge in [0.1, 0.15) is 5.82 Å². The van der Waals surface area contributed by atoms with Crippen LogP contribution in [0, 0.1) is 5.82 Å². The van der Waals surface area contributed by atoms with Gasteiger partial charge in [0, 0.05) is 36.8 Å². The van der Waals surface area contributed by atoms with Gasteiger partial charge in [0.05, 0.1) is 6.04 Å². The lowest BCUT2D eigenvalue weighted by molar-refractivity contribution is 0.200. The molecule has 1 N–H and O–H groups in total. The fourth-order valence-corrected chi connectivity index (χ4v) is 2.35. The molecule has 1 aromatic carbocycles. The molecule has 2 rings (SSSR count). The molecular formula is C13H17Cl2FN2. The number of halogens is 3. The number of benzene rings is 1. The van der Waals surface area contributed by atoms with Gasteiger partial charge in [-0.05, 0) is 18.2 Å². The summed E-state index contributed by atoms with van der Waals surface area (Å²) in [6.07, 6.45) is 1.78. The van der Waals surface area contributed by atoms with Gasteiger partial charge < -0.3 is 5.32 Å². The smallest absolute Gasteiger partial charge is 0.128 e. The second kappa shape index (κ2) is 7.10. The van der Waals surface area contributed by atoms with Crippen LogP contribution < -0.4 is 5.32 Å². The van der Waals surface area contributed by atoms with Gasteiger partial charge >= 0.3 is 0 Å². The van der Waals surface area contributed by atoms with Crippen LogP contribution >= 0.6 is 24.0 Å². The molecule has 0 spiro atoms. The third-order valence-corrected chi connectivity index (χ3v) is 3.28. The molecule has 1 aliphatic rings. The summed E-state index contributed by atoms with van der Waals surface area (Å²) in [5.74, 6) is -0.224. The Balaban J connectivity index is 0.00000162. The maximum Gasteiger partial charge on any atom is 0.128 e. The summed E-state index contributed by atoms with van der Waals surface area (Å²) in [6.45, 7) is 7.44. The predicted octanol–water partition coefficient (Wildman–Crippen LogP) is 3.03. The highest BCUT2D eigenvalue weighted by Gasteiger charge is 2.22. The van der Waals surface area contributed by atoms with Crippen LogP contribution in [-0.4, -0.2) is 31.1 Å². The minimum Gasteiger partial charge on any atom is -0.314 e. The molecule has 5 heteroatoms. The Morgan fingerprint density at radius 2 is 2.06 bits per heavy atom. The van der Waals surface area contributed by atoms with E-state index in [1.165, 1.54) is 6.07 Å². The first-order chi connectivity index (χ1) is 8.22. The summed E-state index contributed by atoms with van der Waals surface area (Å²) in [7, 11) is 0. The summed E-state index contributed by atoms with van der Waals surface area (Å²) in [4.78, 5) is 2.21. The maximum absolute atomic E-state index is 13.8. The number of hydrogen-bond acceptors (Lipinski definition) is 2. The monoisotopic (exact) mass is 290 g/mol. The first kappa shape index (κ1) is 15.4. The largest absolute Gasteiger partial charge is 0.314 e. The second-order valence-electron chi connectivity index (χ2n) is 4.13. The van der Waals surface area contributed by atoms with Crippen LogP contribution in [-0.2, 0) is 0 Å². The molecule has 18 heavy (non-hydrogen) atoms. The molecule has 1 aliphatic heterocycles. The standard InChI is InChI=1S/C13H16ClFN2.ClH/c1-2-13(17-7-5-16-6-8-17)11-9-10(14)3-4-12(11)15;/h2-4,9,13,16H,1,5-8H2;1H/t13-;/m1./s1. The molecule has 1 fully saturated rings. The van der Waals surface area contributed by atoms with Crippen molar-refractivity contribution >= 4 is 24.0 Å². The molecule has 0 unspecified atom stereocenters. The minimum absolute atomic E-state index is 0. The van der Waals surface area contributed by atoms with Crippen LogP contribution in [0.2, 0.25) is 5.02 Å². The van der Waals surface area contributed by atoms with E-state index in [1.807, 2.05) is 0 Å². The molecule has 0 amide bonds. The zero-order valence-corrected chi connectivity index (χ0v) is 11.6. The van der Waals surface area contributed by atoms with Gasteiger partial charge in [-0.1, -0.05) is 17.7 Å². The molecule has 1 saturated heterocycles. The summed E-state index contributed by atoms with van der Waals surface area (Å²) >= 11 is 5.92. The average molecular weight is 291 g/mol. The Hall–Kier alpha value is -0.610. The number of rotatable bonds is 3. The SMILES string of the molecule is C=C[C@H](c1cc(Cl)ccc1F)N1CCNCC1.Cl. The van der Waals surface area contributed by atoms with Crippen molar-refractivity contribution in [2.75, 3.05) is 26.2 Å². The molecule has 0 aliphatic carbocycles. The van der Waals surface area contributed by atoms with Gasteiger partial charge in [-0.3, -0.25) is 4.90 Å². The molecule has 1 aromatic rings. The lowest BCUT2D eigenvalue weighted by Gasteiger charge is -2.33. The quantitative estimate of drug-likeness (QED) is 0.861. The van der Waals surface area contributed by atoms with Crippen molar-refractivity contribution in [3.63, 3.8) is 0 Å². The van der Waals surface area contributed by atoms with Crippen LogP contribution in [0.3, 0.4) is 0 Å². The van der Waals surface area contributed by atoms with Crippen molar-refractivity contribution in [2.24, 2.45) is 0 Å². The Labute approximate surface area is 118 Å². The Morgan fingerprint density at radius 1 is 1.39 bits per heavy atom. The van der Waals surface area contributed by atoms with E-state index >= 15 is 0 Å². The second-order valence-corrected chi connectivity index (χ2v) is 4.57. The average Bonchev–Trinajstić information content (AvgIpc) is 2.36. The van der Waals surface area contributed by atoms with Crippen molar-refractivity contribution in [1.82, 2.24) is 10.2 Å². The number of nitrogens with one attached hydrogen (secondary N) is 1. The Morgan fingerprint density at radius 3 is 2.67 bits per heavy atom. The highest BCUT2D eigenvalue weighted by atomic mass is 35.5. The third kappa shape index (κ3) is 3.45. The molecule has 100 valence electrons. The predicted molar refractivity (Wildman–Crippen MR) is 76.0 cm³/mol. The van der Waals surface area contributed by atoms with E-state index in [1.54, 1.807) is 18.2 Å². The zero-order chi connectivity index (χ0) is 12.3. The van der Waals surface area contributed by atoms with Gasteiger partial charge in [-0.2, -0.15) is 0 Å². The Bertz CT molecular complexity index is 406. The molecular weight excluding hydrogens is 274 g/mol. The van der Waals surface area contributed by atoms with E-state index in [9.17, 15) is 4.39 Å². The number of hydrogen-bond donors (Lipinski definition) is 1. The van der Waals surface area contributed by atoms with E-state index < -0.39 is 0 Å². The molecule has 2 nitrogen and oxygen atoms in total. The molecule has 0 radical (unpaired) electrons. The zero-order valence-electron chi connectivity index (χ0n) is 10.0. The van der Waals surface area contributed by atoms with Crippen LogP contribution in [0.4, 0.5) is 4.39 Å². The van der Waals surface area contributed by atoms with Crippen LogP contribution in [0.5, 0.6) is 0 Å². The van der Waals surface area contributed by atoms with Crippen molar-refractivity contribution < 1.29 is 4.39 Å². The topological polar surface area (TPSA) is 15.3 Å². The van der Waals surface area contributed by atoms with Crippen molar-refractivity contribution in [1.29, 1.82) is 0 Å². The first-order valence-corrected chi connectivity index (χ1v) is 6.12. The normalized spacial score (nSPS) is 17.9. The van der Waals surface area contributed by atoms with Gasteiger partial charge in [0.25, 0.3) is 0 Å². The summed E-state index contributed by atoms with van der Waals surface area (Å²) < 4.78 is 13.8. The lowest BCUT2D eigenvalue weighted by Crippen LogP contribution is -2.44. The van der Waals surface area contributed by atoms with Crippen molar-refractivity contribution in [3.8, 4) is 0 Å². The summed E-state index contributed by atoms with van der Waals surface area (Å²) in [6, 6.07) is 4.57. The highest BCUT2D eigenvalue weighted by molar-refractivity contribution is 6.30. The van der Waals surface area contributed by atoms with E-state index in [-0.39, 0.29) is 24.3 Å². The van der Waals surface area contributed by atoms with Gasteiger partial charge in [-0.25, -0.2) is 4.39 Å². The number of piperazine rings is 1. The third-order valence-electron chi connectivity index (χ3n) is 3.04. The molecule has 0 aromatic heterocycles. The number of nitrogens with zero attached hydrogens (tertiary/aromatic N) is 1. The summed E-state index contributed by atoms with van der Waals surface area (Å²) in [5, 5.41) is 3.83. The van der Waals surface area contributed by atoms with E-state index in [0.717, 1.165) is 26.2 Å². The maximum atomic E-state index is 13.8. The summed E-state index contributed by atoms with van der Waals surface area (Å²) in [5.41, 5.74) is 0.606. The molecule has 0 saturated carbocycles. The Kier molecular flexibility index (Phi) is 6.09. The van der Waals surface area contributed by atoms with Crippen molar-refractivity contribution in [2.45, 2.75) is 6.04 Å². The highest BCUT2D eigenvalue weighted by Crippen LogP contribution is 2.27. The van der Waals surface area contributed by atoms with Crippen LogP contribution in [0.1, 0.15) is 11.6 Å². The van der Waals surface area contributed by atoms with Gasteiger partial charge in [0.2, 0.25) is 0 Å². The van der Waals surface area contributed by atoms with E-state index in [2.05, 4.69) is 16.8 Å². The van der Waals surface area contributed by atoms with E-state index in [0.29, 0.717) is 10.6 Å². The first-order valence-electron chi connectivity index (χ1n) is 5.74.